The summed E-state index contributed by atoms with van der Waals surface area (Å²) in [6, 6.07) is 7.00. The van der Waals surface area contributed by atoms with Crippen LogP contribution in [-0.4, -0.2) is 34.3 Å². The Kier molecular flexibility index (Phi) is 4.01. The fraction of sp³-hybridized carbons (Fsp3) is 0.381. The second kappa shape index (κ2) is 6.24. The first-order valence-electron chi connectivity index (χ1n) is 9.51. The Morgan fingerprint density at radius 1 is 1.32 bits per heavy atom. The third kappa shape index (κ3) is 2.63. The number of anilines is 1. The Hall–Kier alpha value is -3.03. The van der Waals surface area contributed by atoms with Gasteiger partial charge in [-0.05, 0) is 42.3 Å². The number of benzene rings is 1. The quantitative estimate of drug-likeness (QED) is 0.573. The van der Waals surface area contributed by atoms with Gasteiger partial charge in [-0.25, -0.2) is 4.98 Å². The molecule has 0 radical (unpaired) electrons. The summed E-state index contributed by atoms with van der Waals surface area (Å²) in [7, 11) is 0. The lowest BCUT2D eigenvalue weighted by atomic mass is 9.74. The van der Waals surface area contributed by atoms with Crippen molar-refractivity contribution in [2.45, 2.75) is 42.7 Å². The van der Waals surface area contributed by atoms with Crippen LogP contribution in [0.1, 0.15) is 29.5 Å². The van der Waals surface area contributed by atoms with Crippen LogP contribution in [0.3, 0.4) is 0 Å². The molecule has 1 aromatic carbocycles. The number of aliphatic hydroxyl groups excluding tert-OH is 1. The smallest absolute Gasteiger partial charge is 0.390 e. The average Bonchev–Trinajstić information content (AvgIpc) is 3.20. The van der Waals surface area contributed by atoms with Crippen molar-refractivity contribution >= 4 is 11.6 Å². The molecule has 160 valence electrons. The number of carbonyl (C=O) groups excluding carboxylic acids is 1. The second-order valence-corrected chi connectivity index (χ2v) is 8.20. The molecular formula is C21H15F4N3O3. The lowest BCUT2D eigenvalue weighted by Crippen LogP contribution is -2.44. The number of hydrogen-bond donors (Lipinski definition) is 2. The number of hydrogen-bond acceptors (Lipinski definition) is 5. The number of nitriles is 1. The van der Waals surface area contributed by atoms with E-state index in [-0.39, 0.29) is 24.1 Å². The number of alkyl halides is 3. The van der Waals surface area contributed by atoms with Crippen LogP contribution in [0, 0.1) is 22.7 Å². The number of ether oxygens (including phenoxy) is 1. The first-order valence-corrected chi connectivity index (χ1v) is 9.51. The molecule has 10 heteroatoms. The van der Waals surface area contributed by atoms with Gasteiger partial charge < -0.3 is 15.2 Å². The van der Waals surface area contributed by atoms with Crippen molar-refractivity contribution in [3.05, 3.63) is 59.2 Å². The van der Waals surface area contributed by atoms with Crippen LogP contribution in [0.15, 0.2) is 36.5 Å². The largest absolute Gasteiger partial charge is 0.416 e. The number of nitrogens with zero attached hydrogens (tertiary/aromatic N) is 2. The fourth-order valence-corrected chi connectivity index (χ4v) is 5.38. The molecule has 2 bridgehead atoms. The molecule has 1 aromatic heterocycles. The highest BCUT2D eigenvalue weighted by Gasteiger charge is 2.87. The van der Waals surface area contributed by atoms with Gasteiger partial charge >= 0.3 is 6.18 Å². The molecule has 5 atom stereocenters. The van der Waals surface area contributed by atoms with Crippen LogP contribution in [0.2, 0.25) is 0 Å². The lowest BCUT2D eigenvalue weighted by molar-refractivity contribution is -0.137. The topological polar surface area (TPSA) is 95.2 Å². The molecule has 1 amide bonds. The Morgan fingerprint density at radius 2 is 2.10 bits per heavy atom. The molecule has 3 fully saturated rings. The highest BCUT2D eigenvalue weighted by molar-refractivity contribution is 6.01. The Bertz CT molecular complexity index is 1150. The second-order valence-electron chi connectivity index (χ2n) is 8.20. The number of pyridine rings is 1. The molecule has 0 spiro atoms. The Morgan fingerprint density at radius 3 is 2.77 bits per heavy atom. The SMILES string of the molecule is N#Cc1cc(NC(=O)[C@]23C[C@@]2(c2ccnc(F)c2)[C@H]2O[C@@H]3C[C@@H]2O)cc(C(F)(F)F)c1. The van der Waals surface area contributed by atoms with E-state index in [1.807, 2.05) is 0 Å². The minimum absolute atomic E-state index is 0.171. The van der Waals surface area contributed by atoms with Gasteiger partial charge in [0.1, 0.15) is 0 Å². The standard InChI is InChI=1S/C21H15F4N3O3/c22-16-6-11(1-2-27-16)19-9-20(19,15-7-14(29)17(19)31-15)18(30)28-13-4-10(8-26)3-12(5-13)21(23,24)25/h1-6,14-15,17,29H,7,9H2,(H,28,30)/t14-,15+,17-,19+,20+/m0/s1. The third-order valence-electron chi connectivity index (χ3n) is 6.67. The van der Waals surface area contributed by atoms with E-state index in [0.717, 1.165) is 12.1 Å². The number of halogens is 4. The van der Waals surface area contributed by atoms with Gasteiger partial charge in [-0.1, -0.05) is 0 Å². The van der Waals surface area contributed by atoms with Crippen LogP contribution < -0.4 is 5.32 Å². The zero-order valence-electron chi connectivity index (χ0n) is 15.8. The summed E-state index contributed by atoms with van der Waals surface area (Å²) in [4.78, 5) is 16.9. The lowest BCUT2D eigenvalue weighted by Gasteiger charge is -2.29. The highest BCUT2D eigenvalue weighted by atomic mass is 19.4. The van der Waals surface area contributed by atoms with Crippen molar-refractivity contribution in [3.63, 3.8) is 0 Å². The Balaban J connectivity index is 1.53. The predicted octanol–water partition coefficient (Wildman–Crippen LogP) is 2.91. The number of amides is 1. The van der Waals surface area contributed by atoms with E-state index >= 15 is 0 Å². The molecule has 1 saturated carbocycles. The molecule has 5 rings (SSSR count). The summed E-state index contributed by atoms with van der Waals surface area (Å²) in [5, 5.41) is 21.9. The zero-order chi connectivity index (χ0) is 22.2. The fourth-order valence-electron chi connectivity index (χ4n) is 5.38. The first-order chi connectivity index (χ1) is 14.6. The van der Waals surface area contributed by atoms with Crippen molar-refractivity contribution in [2.75, 3.05) is 5.32 Å². The van der Waals surface area contributed by atoms with Crippen LogP contribution in [0.4, 0.5) is 23.2 Å². The molecular weight excluding hydrogens is 418 g/mol. The molecule has 3 heterocycles. The number of fused-ring (bicyclic) bond motifs is 5. The molecule has 2 N–H and O–H groups in total. The maximum absolute atomic E-state index is 13.8. The van der Waals surface area contributed by atoms with E-state index < -0.39 is 52.7 Å². The summed E-state index contributed by atoms with van der Waals surface area (Å²) in [5.74, 6) is -1.34. The van der Waals surface area contributed by atoms with Crippen LogP contribution >= 0.6 is 0 Å². The van der Waals surface area contributed by atoms with Crippen LogP contribution in [-0.2, 0) is 21.1 Å². The van der Waals surface area contributed by atoms with Crippen LogP contribution in [0.25, 0.3) is 0 Å². The maximum atomic E-state index is 13.8. The van der Waals surface area contributed by atoms with E-state index in [9.17, 15) is 27.5 Å². The first kappa shape index (κ1) is 19.9. The maximum Gasteiger partial charge on any atom is 0.416 e. The van der Waals surface area contributed by atoms with E-state index in [1.165, 1.54) is 12.3 Å². The Labute approximate surface area is 173 Å². The molecule has 2 aromatic rings. The van der Waals surface area contributed by atoms with Gasteiger partial charge in [0, 0.05) is 23.7 Å². The van der Waals surface area contributed by atoms with Gasteiger partial charge in [0.2, 0.25) is 11.9 Å². The van der Waals surface area contributed by atoms with E-state index in [2.05, 4.69) is 10.3 Å². The summed E-state index contributed by atoms with van der Waals surface area (Å²) >= 11 is 0. The minimum atomic E-state index is -4.69. The molecule has 6 nitrogen and oxygen atoms in total. The van der Waals surface area contributed by atoms with Gasteiger partial charge in [-0.2, -0.15) is 22.8 Å². The normalized spacial score (nSPS) is 33.0. The van der Waals surface area contributed by atoms with E-state index in [4.69, 9.17) is 10.00 Å². The number of aromatic nitrogens is 1. The number of nitrogens with one attached hydrogen (secondary N) is 1. The van der Waals surface area contributed by atoms with Crippen molar-refractivity contribution in [1.82, 2.24) is 4.98 Å². The number of carbonyl (C=O) groups is 1. The van der Waals surface area contributed by atoms with Gasteiger partial charge in [-0.3, -0.25) is 4.79 Å². The van der Waals surface area contributed by atoms with Gasteiger partial charge in [0.15, 0.2) is 0 Å². The molecule has 1 aliphatic carbocycles. The van der Waals surface area contributed by atoms with Gasteiger partial charge in [0.25, 0.3) is 0 Å². The zero-order valence-corrected chi connectivity index (χ0v) is 15.8. The van der Waals surface area contributed by atoms with Crippen molar-refractivity contribution < 1.29 is 32.2 Å². The van der Waals surface area contributed by atoms with Crippen molar-refractivity contribution in [1.29, 1.82) is 5.26 Å². The monoisotopic (exact) mass is 433 g/mol. The van der Waals surface area contributed by atoms with Gasteiger partial charge in [0.05, 0.1) is 40.9 Å². The third-order valence-corrected chi connectivity index (χ3v) is 6.67. The molecule has 0 unspecified atom stereocenters. The molecule has 3 aliphatic rings. The number of aliphatic hydroxyl groups is 1. The summed E-state index contributed by atoms with van der Waals surface area (Å²) in [5.41, 5.74) is -3.19. The van der Waals surface area contributed by atoms with E-state index in [0.29, 0.717) is 11.6 Å². The van der Waals surface area contributed by atoms with Crippen LogP contribution in [0.5, 0.6) is 0 Å². The molecule has 2 aliphatic heterocycles. The molecule has 2 saturated heterocycles. The van der Waals surface area contributed by atoms with Gasteiger partial charge in [-0.15, -0.1) is 0 Å². The van der Waals surface area contributed by atoms with E-state index in [1.54, 1.807) is 12.1 Å². The summed E-state index contributed by atoms with van der Waals surface area (Å²) < 4.78 is 59.2. The highest BCUT2D eigenvalue weighted by Crippen LogP contribution is 2.77. The average molecular weight is 433 g/mol. The number of rotatable bonds is 3. The van der Waals surface area contributed by atoms with Crippen molar-refractivity contribution in [3.8, 4) is 6.07 Å². The molecule has 31 heavy (non-hydrogen) atoms. The summed E-state index contributed by atoms with van der Waals surface area (Å²) in [6.07, 6.45) is -5.23. The minimum Gasteiger partial charge on any atom is -0.390 e. The predicted molar refractivity (Wildman–Crippen MR) is 97.0 cm³/mol. The van der Waals surface area contributed by atoms with Crippen molar-refractivity contribution in [2.24, 2.45) is 5.41 Å². The summed E-state index contributed by atoms with van der Waals surface area (Å²) in [6.45, 7) is 0.